The summed E-state index contributed by atoms with van der Waals surface area (Å²) in [7, 11) is 1.42. The molecule has 1 atom stereocenters. The van der Waals surface area contributed by atoms with Gasteiger partial charge in [0.2, 0.25) is 0 Å². The summed E-state index contributed by atoms with van der Waals surface area (Å²) in [5.74, 6) is -1.96. The van der Waals surface area contributed by atoms with Crippen molar-refractivity contribution < 1.29 is 23.1 Å². The van der Waals surface area contributed by atoms with Crippen molar-refractivity contribution in [3.05, 3.63) is 54.1 Å². The summed E-state index contributed by atoms with van der Waals surface area (Å²) in [6.07, 6.45) is -0.624. The Hall–Kier alpha value is -3.00. The highest BCUT2D eigenvalue weighted by atomic mass is 19.1. The normalized spacial score (nSPS) is 11.5. The summed E-state index contributed by atoms with van der Waals surface area (Å²) in [6, 6.07) is 8.50. The molecular weight excluding hydrogens is 332 g/mol. The third-order valence-electron chi connectivity index (χ3n) is 3.29. The Morgan fingerprint density at radius 3 is 2.32 bits per heavy atom. The van der Waals surface area contributed by atoms with E-state index in [1.807, 2.05) is 0 Å². The number of carbonyl (C=O) groups is 2. The van der Waals surface area contributed by atoms with Crippen LogP contribution >= 0.6 is 0 Å². The maximum absolute atomic E-state index is 13.5. The van der Waals surface area contributed by atoms with Crippen LogP contribution in [0, 0.1) is 11.6 Å². The van der Waals surface area contributed by atoms with E-state index in [4.69, 9.17) is 4.74 Å². The molecule has 0 saturated heterocycles. The number of anilines is 3. The highest BCUT2D eigenvalue weighted by Crippen LogP contribution is 2.18. The van der Waals surface area contributed by atoms with Gasteiger partial charge in [-0.15, -0.1) is 0 Å². The first-order valence-corrected chi connectivity index (χ1v) is 7.36. The topological polar surface area (TPSA) is 79.5 Å². The molecule has 132 valence electrons. The van der Waals surface area contributed by atoms with Gasteiger partial charge in [0.25, 0.3) is 5.91 Å². The molecule has 0 aliphatic rings. The van der Waals surface area contributed by atoms with Gasteiger partial charge in [0.1, 0.15) is 17.7 Å². The third-order valence-corrected chi connectivity index (χ3v) is 3.29. The molecule has 25 heavy (non-hydrogen) atoms. The van der Waals surface area contributed by atoms with Gasteiger partial charge in [-0.05, 0) is 37.3 Å². The molecule has 2 aromatic rings. The molecular formula is C17H17F2N3O3. The third kappa shape index (κ3) is 5.25. The second-order valence-corrected chi connectivity index (χ2v) is 5.15. The number of rotatable bonds is 5. The van der Waals surface area contributed by atoms with Gasteiger partial charge < -0.3 is 20.7 Å². The number of methoxy groups -OCH3 is 1. The maximum atomic E-state index is 13.5. The molecule has 3 amide bonds. The zero-order valence-corrected chi connectivity index (χ0v) is 13.6. The van der Waals surface area contributed by atoms with Gasteiger partial charge in [-0.2, -0.15) is 0 Å². The lowest BCUT2D eigenvalue weighted by Crippen LogP contribution is -2.26. The van der Waals surface area contributed by atoms with E-state index in [1.54, 1.807) is 25.1 Å². The van der Waals surface area contributed by atoms with Gasteiger partial charge in [-0.25, -0.2) is 13.6 Å². The van der Waals surface area contributed by atoms with Gasteiger partial charge >= 0.3 is 6.03 Å². The summed E-state index contributed by atoms with van der Waals surface area (Å²) in [4.78, 5) is 23.7. The Morgan fingerprint density at radius 1 is 1.00 bits per heavy atom. The lowest BCUT2D eigenvalue weighted by atomic mass is 10.2. The van der Waals surface area contributed by atoms with Crippen LogP contribution in [-0.2, 0) is 9.53 Å². The molecule has 0 fully saturated rings. The number of hydrogen-bond acceptors (Lipinski definition) is 3. The van der Waals surface area contributed by atoms with Crippen LogP contribution in [0.2, 0.25) is 0 Å². The Kier molecular flexibility index (Phi) is 6.02. The number of hydrogen-bond donors (Lipinski definition) is 3. The first-order valence-electron chi connectivity index (χ1n) is 7.36. The number of nitrogens with one attached hydrogen (secondary N) is 3. The van der Waals surface area contributed by atoms with Crippen molar-refractivity contribution in [2.75, 3.05) is 23.1 Å². The average molecular weight is 349 g/mol. The van der Waals surface area contributed by atoms with Crippen LogP contribution in [0.3, 0.4) is 0 Å². The Bertz CT molecular complexity index is 783. The van der Waals surface area contributed by atoms with Gasteiger partial charge in [-0.3, -0.25) is 4.79 Å². The molecule has 0 radical (unpaired) electrons. The molecule has 8 heteroatoms. The van der Waals surface area contributed by atoms with Gasteiger partial charge in [0, 0.05) is 24.6 Å². The number of ether oxygens (including phenoxy) is 1. The quantitative estimate of drug-likeness (QED) is 0.772. The number of urea groups is 1. The fourth-order valence-corrected chi connectivity index (χ4v) is 1.90. The zero-order valence-electron chi connectivity index (χ0n) is 13.6. The van der Waals surface area contributed by atoms with E-state index in [-0.39, 0.29) is 11.6 Å². The molecule has 0 aliphatic carbocycles. The van der Waals surface area contributed by atoms with Gasteiger partial charge in [0.05, 0.1) is 5.69 Å². The van der Waals surface area contributed by atoms with Crippen LogP contribution in [-0.4, -0.2) is 25.2 Å². The van der Waals surface area contributed by atoms with Crippen molar-refractivity contribution in [2.45, 2.75) is 13.0 Å². The van der Waals surface area contributed by atoms with Crippen molar-refractivity contribution in [3.63, 3.8) is 0 Å². The number of amides is 3. The molecule has 0 saturated carbocycles. The first-order chi connectivity index (χ1) is 11.9. The Balaban J connectivity index is 2.01. The van der Waals surface area contributed by atoms with Gasteiger partial charge in [0.15, 0.2) is 0 Å². The maximum Gasteiger partial charge on any atom is 0.323 e. The minimum atomic E-state index is -0.885. The summed E-state index contributed by atoms with van der Waals surface area (Å²) in [5.41, 5.74) is 0.680. The van der Waals surface area contributed by atoms with Crippen molar-refractivity contribution in [2.24, 2.45) is 0 Å². The Labute approximate surface area is 143 Å². The number of halogens is 2. The molecule has 6 nitrogen and oxygen atoms in total. The minimum absolute atomic E-state index is 0.155. The molecule has 1 unspecified atom stereocenters. The predicted molar refractivity (Wildman–Crippen MR) is 90.5 cm³/mol. The fourth-order valence-electron chi connectivity index (χ4n) is 1.90. The van der Waals surface area contributed by atoms with Crippen LogP contribution in [0.1, 0.15) is 6.92 Å². The van der Waals surface area contributed by atoms with Crippen LogP contribution in [0.5, 0.6) is 0 Å². The van der Waals surface area contributed by atoms with Crippen LogP contribution in [0.15, 0.2) is 42.5 Å². The molecule has 0 spiro atoms. The summed E-state index contributed by atoms with van der Waals surface area (Å²) in [5, 5.41) is 7.40. The zero-order chi connectivity index (χ0) is 18.4. The van der Waals surface area contributed by atoms with Crippen molar-refractivity contribution in [1.29, 1.82) is 0 Å². The second-order valence-electron chi connectivity index (χ2n) is 5.15. The van der Waals surface area contributed by atoms with E-state index in [0.717, 1.165) is 12.1 Å². The average Bonchev–Trinajstić information content (AvgIpc) is 2.57. The smallest absolute Gasteiger partial charge is 0.323 e. The number of carbonyl (C=O) groups excluding carboxylic acids is 2. The SMILES string of the molecule is COC(C)C(=O)Nc1cccc(NC(=O)Nc2ccc(F)cc2F)c1. The minimum Gasteiger partial charge on any atom is -0.372 e. The molecule has 0 aliphatic heterocycles. The molecule has 0 heterocycles. The van der Waals surface area contributed by atoms with E-state index in [1.165, 1.54) is 13.2 Å². The number of benzene rings is 2. The molecule has 0 bridgehead atoms. The first kappa shape index (κ1) is 18.3. The van der Waals surface area contributed by atoms with E-state index in [0.29, 0.717) is 17.4 Å². The highest BCUT2D eigenvalue weighted by Gasteiger charge is 2.12. The van der Waals surface area contributed by atoms with Crippen molar-refractivity contribution in [1.82, 2.24) is 0 Å². The van der Waals surface area contributed by atoms with Crippen molar-refractivity contribution >= 4 is 29.0 Å². The van der Waals surface area contributed by atoms with Crippen LogP contribution in [0.25, 0.3) is 0 Å². The highest BCUT2D eigenvalue weighted by molar-refractivity contribution is 6.00. The predicted octanol–water partition coefficient (Wildman–Crippen LogP) is 3.58. The van der Waals surface area contributed by atoms with Crippen LogP contribution in [0.4, 0.5) is 30.6 Å². The molecule has 2 aromatic carbocycles. The summed E-state index contributed by atoms with van der Waals surface area (Å²) >= 11 is 0. The fraction of sp³-hybridized carbons (Fsp3) is 0.176. The molecule has 0 aromatic heterocycles. The standard InChI is InChI=1S/C17H17F2N3O3/c1-10(25-2)16(23)20-12-4-3-5-13(9-12)21-17(24)22-15-7-6-11(18)8-14(15)19/h3-10H,1-2H3,(H,20,23)(H2,21,22,24). The lowest BCUT2D eigenvalue weighted by Gasteiger charge is -2.12. The van der Waals surface area contributed by atoms with Gasteiger partial charge in [-0.1, -0.05) is 6.07 Å². The molecule has 2 rings (SSSR count). The largest absolute Gasteiger partial charge is 0.372 e. The van der Waals surface area contributed by atoms with E-state index < -0.39 is 23.8 Å². The van der Waals surface area contributed by atoms with Crippen LogP contribution < -0.4 is 16.0 Å². The van der Waals surface area contributed by atoms with E-state index >= 15 is 0 Å². The molecule has 3 N–H and O–H groups in total. The van der Waals surface area contributed by atoms with E-state index in [2.05, 4.69) is 16.0 Å². The monoisotopic (exact) mass is 349 g/mol. The lowest BCUT2D eigenvalue weighted by molar-refractivity contribution is -0.124. The van der Waals surface area contributed by atoms with E-state index in [9.17, 15) is 18.4 Å². The second kappa shape index (κ2) is 8.20. The Morgan fingerprint density at radius 2 is 1.68 bits per heavy atom. The summed E-state index contributed by atoms with van der Waals surface area (Å²) < 4.78 is 31.3. The van der Waals surface area contributed by atoms with Crippen molar-refractivity contribution in [3.8, 4) is 0 Å². The summed E-state index contributed by atoms with van der Waals surface area (Å²) in [6.45, 7) is 1.60.